The highest BCUT2D eigenvalue weighted by Crippen LogP contribution is 2.41. The monoisotopic (exact) mass is 709 g/mol. The van der Waals surface area contributed by atoms with Gasteiger partial charge in [-0.15, -0.1) is 0 Å². The van der Waals surface area contributed by atoms with Gasteiger partial charge in [-0.2, -0.15) is 0 Å². The second-order valence-corrected chi connectivity index (χ2v) is 14.7. The van der Waals surface area contributed by atoms with Gasteiger partial charge in [-0.1, -0.05) is 182 Å². The molecule has 0 aliphatic heterocycles. The molecule has 0 bridgehead atoms. The van der Waals surface area contributed by atoms with E-state index in [1.807, 2.05) is 0 Å². The van der Waals surface area contributed by atoms with Crippen molar-refractivity contribution < 1.29 is 0 Å². The number of pyridine rings is 1. The van der Waals surface area contributed by atoms with Gasteiger partial charge in [-0.3, -0.25) is 0 Å². The summed E-state index contributed by atoms with van der Waals surface area (Å²) in [6.45, 7) is 0. The maximum atomic E-state index is 5.25. The maximum absolute atomic E-state index is 5.25. The van der Waals surface area contributed by atoms with E-state index >= 15 is 0 Å². The van der Waals surface area contributed by atoms with Crippen LogP contribution in [0.15, 0.2) is 212 Å². The molecule has 11 rings (SSSR count). The smallest absolute Gasteiger partial charge is 0.0716 e. The average molecular weight is 710 g/mol. The second-order valence-electron chi connectivity index (χ2n) is 14.7. The molecule has 10 aromatic carbocycles. The van der Waals surface area contributed by atoms with E-state index in [1.165, 1.54) is 82.0 Å². The number of hydrogen-bond donors (Lipinski definition) is 0. The SMILES string of the molecule is c1ccc(-c2ccc(-c3cc(-c4cccc(-c5cccc(-c6ccc7c8ccccc8c8ccccc8c7c6)c5)c4)nc4ccccc34)c3ccccc23)cc1. The molecule has 0 N–H and O–H groups in total. The molecule has 0 aliphatic carbocycles. The van der Waals surface area contributed by atoms with E-state index in [1.54, 1.807) is 0 Å². The molecule has 260 valence electrons. The molecule has 1 heteroatoms. The van der Waals surface area contributed by atoms with Crippen molar-refractivity contribution in [3.8, 4) is 55.8 Å². The van der Waals surface area contributed by atoms with Crippen LogP contribution in [0.2, 0.25) is 0 Å². The van der Waals surface area contributed by atoms with Crippen molar-refractivity contribution in [2.24, 2.45) is 0 Å². The lowest BCUT2D eigenvalue weighted by atomic mass is 9.90. The summed E-state index contributed by atoms with van der Waals surface area (Å²) in [5.74, 6) is 0. The summed E-state index contributed by atoms with van der Waals surface area (Å²) in [7, 11) is 0. The van der Waals surface area contributed by atoms with E-state index in [0.717, 1.165) is 27.7 Å². The molecule has 0 atom stereocenters. The van der Waals surface area contributed by atoms with Gasteiger partial charge < -0.3 is 0 Å². The van der Waals surface area contributed by atoms with Gasteiger partial charge in [-0.05, 0) is 118 Å². The standard InChI is InChI=1S/C55H35N/c1-2-14-36(15-3-1)42-30-31-50(44-21-5-4-20-43(42)44)53-35-55(56-54-27-11-10-26-51(53)54)41-19-13-18-39(33-41)37-16-12-17-38(32-37)40-28-29-49-47-24-7-6-22-45(47)46-23-8-9-25-48(46)52(49)34-40/h1-35H. The Morgan fingerprint density at radius 1 is 0.214 bits per heavy atom. The minimum absolute atomic E-state index is 0.960. The fourth-order valence-electron chi connectivity index (χ4n) is 8.77. The van der Waals surface area contributed by atoms with Crippen molar-refractivity contribution in [1.29, 1.82) is 0 Å². The third-order valence-electron chi connectivity index (χ3n) is 11.4. The fourth-order valence-corrected chi connectivity index (χ4v) is 8.77. The number of rotatable bonds is 5. The quantitative estimate of drug-likeness (QED) is 0.162. The van der Waals surface area contributed by atoms with Gasteiger partial charge in [0.1, 0.15) is 0 Å². The largest absolute Gasteiger partial charge is 0.248 e. The third-order valence-corrected chi connectivity index (χ3v) is 11.4. The van der Waals surface area contributed by atoms with Gasteiger partial charge in [0.25, 0.3) is 0 Å². The van der Waals surface area contributed by atoms with Crippen molar-refractivity contribution in [2.45, 2.75) is 0 Å². The Labute approximate surface area is 325 Å². The minimum atomic E-state index is 0.960. The third kappa shape index (κ3) is 5.36. The van der Waals surface area contributed by atoms with E-state index in [-0.39, 0.29) is 0 Å². The van der Waals surface area contributed by atoms with Crippen LogP contribution in [0.5, 0.6) is 0 Å². The molecule has 0 fully saturated rings. The highest BCUT2D eigenvalue weighted by Gasteiger charge is 2.15. The van der Waals surface area contributed by atoms with Crippen molar-refractivity contribution in [1.82, 2.24) is 4.98 Å². The molecule has 11 aromatic rings. The molecule has 0 spiro atoms. The summed E-state index contributed by atoms with van der Waals surface area (Å²) in [6.07, 6.45) is 0. The Morgan fingerprint density at radius 2 is 0.661 bits per heavy atom. The zero-order chi connectivity index (χ0) is 37.0. The molecule has 0 saturated carbocycles. The fraction of sp³-hybridized carbons (Fsp3) is 0. The van der Waals surface area contributed by atoms with Crippen LogP contribution in [0.25, 0.3) is 110 Å². The molecule has 0 radical (unpaired) electrons. The van der Waals surface area contributed by atoms with Crippen LogP contribution in [0.1, 0.15) is 0 Å². The predicted molar refractivity (Wildman–Crippen MR) is 239 cm³/mol. The first kappa shape index (κ1) is 32.1. The zero-order valence-corrected chi connectivity index (χ0v) is 30.7. The molecule has 1 nitrogen and oxygen atoms in total. The summed E-state index contributed by atoms with van der Waals surface area (Å²) >= 11 is 0. The molecular formula is C55H35N. The topological polar surface area (TPSA) is 12.9 Å². The first-order valence-corrected chi connectivity index (χ1v) is 19.3. The van der Waals surface area contributed by atoms with Crippen molar-refractivity contribution >= 4 is 54.0 Å². The van der Waals surface area contributed by atoms with Crippen LogP contribution >= 0.6 is 0 Å². The van der Waals surface area contributed by atoms with Gasteiger partial charge in [0.05, 0.1) is 11.2 Å². The number of para-hydroxylation sites is 1. The molecule has 0 saturated heterocycles. The van der Waals surface area contributed by atoms with E-state index < -0.39 is 0 Å². The first-order chi connectivity index (χ1) is 27.8. The summed E-state index contributed by atoms with van der Waals surface area (Å²) in [4.78, 5) is 5.25. The van der Waals surface area contributed by atoms with Crippen LogP contribution < -0.4 is 0 Å². The van der Waals surface area contributed by atoms with Crippen LogP contribution in [0.3, 0.4) is 0 Å². The van der Waals surface area contributed by atoms with Gasteiger partial charge in [0.2, 0.25) is 0 Å². The lowest BCUT2D eigenvalue weighted by Crippen LogP contribution is -1.92. The number of fused-ring (bicyclic) bond motifs is 8. The lowest BCUT2D eigenvalue weighted by molar-refractivity contribution is 1.40. The Bertz CT molecular complexity index is 3270. The summed E-state index contributed by atoms with van der Waals surface area (Å²) in [5, 5.41) is 11.4. The predicted octanol–water partition coefficient (Wildman–Crippen LogP) is 15.2. The van der Waals surface area contributed by atoms with E-state index in [0.29, 0.717) is 0 Å². The molecular weight excluding hydrogens is 675 g/mol. The van der Waals surface area contributed by atoms with Gasteiger partial charge in [0, 0.05) is 10.9 Å². The van der Waals surface area contributed by atoms with Crippen LogP contribution in [0, 0.1) is 0 Å². The summed E-state index contributed by atoms with van der Waals surface area (Å²) in [5.41, 5.74) is 12.6. The van der Waals surface area contributed by atoms with E-state index in [2.05, 4.69) is 212 Å². The highest BCUT2D eigenvalue weighted by molar-refractivity contribution is 6.25. The number of aromatic nitrogens is 1. The number of benzene rings is 10. The Hall–Kier alpha value is -7.35. The number of hydrogen-bond acceptors (Lipinski definition) is 1. The minimum Gasteiger partial charge on any atom is -0.248 e. The van der Waals surface area contributed by atoms with Crippen LogP contribution in [-0.2, 0) is 0 Å². The van der Waals surface area contributed by atoms with Crippen LogP contribution in [-0.4, -0.2) is 4.98 Å². The normalized spacial score (nSPS) is 11.6. The molecule has 0 unspecified atom stereocenters. The van der Waals surface area contributed by atoms with Gasteiger partial charge in [0.15, 0.2) is 0 Å². The maximum Gasteiger partial charge on any atom is 0.0716 e. The molecule has 1 aromatic heterocycles. The second kappa shape index (κ2) is 13.2. The van der Waals surface area contributed by atoms with Crippen molar-refractivity contribution in [2.75, 3.05) is 0 Å². The molecule has 56 heavy (non-hydrogen) atoms. The Kier molecular flexibility index (Phi) is 7.57. The van der Waals surface area contributed by atoms with Gasteiger partial charge >= 0.3 is 0 Å². The average Bonchev–Trinajstić information content (AvgIpc) is 3.28. The molecule has 0 amide bonds. The first-order valence-electron chi connectivity index (χ1n) is 19.3. The van der Waals surface area contributed by atoms with Crippen LogP contribution in [0.4, 0.5) is 0 Å². The number of nitrogens with zero attached hydrogens (tertiary/aromatic N) is 1. The van der Waals surface area contributed by atoms with Crippen molar-refractivity contribution in [3.63, 3.8) is 0 Å². The Morgan fingerprint density at radius 3 is 1.32 bits per heavy atom. The molecule has 1 heterocycles. The highest BCUT2D eigenvalue weighted by atomic mass is 14.7. The zero-order valence-electron chi connectivity index (χ0n) is 30.7. The van der Waals surface area contributed by atoms with E-state index in [9.17, 15) is 0 Å². The van der Waals surface area contributed by atoms with E-state index in [4.69, 9.17) is 4.98 Å². The summed E-state index contributed by atoms with van der Waals surface area (Å²) in [6, 6.07) is 77.1. The van der Waals surface area contributed by atoms with Crippen molar-refractivity contribution in [3.05, 3.63) is 212 Å². The lowest BCUT2D eigenvalue weighted by Gasteiger charge is -2.15. The summed E-state index contributed by atoms with van der Waals surface area (Å²) < 4.78 is 0. The molecule has 0 aliphatic rings. The van der Waals surface area contributed by atoms with Gasteiger partial charge in [-0.25, -0.2) is 4.98 Å². The Balaban J connectivity index is 1.02.